The van der Waals surface area contributed by atoms with Crippen LogP contribution in [0.1, 0.15) is 466 Å². The van der Waals surface area contributed by atoms with Crippen molar-refractivity contribution in [3.05, 3.63) is 152 Å². The van der Waals surface area contributed by atoms with Gasteiger partial charge in [0.25, 0.3) is 0 Å². The van der Waals surface area contributed by atoms with Crippen molar-refractivity contribution >= 4 is 0 Å². The lowest BCUT2D eigenvalue weighted by atomic mass is 9.85. The first-order valence-electron chi connectivity index (χ1n) is 47.1. The molecule has 3 aliphatic rings. The molecule has 694 valence electrons. The minimum absolute atomic E-state index is 0.0868. The zero-order chi connectivity index (χ0) is 94.1. The van der Waals surface area contributed by atoms with E-state index in [1.165, 1.54) is 119 Å². The van der Waals surface area contributed by atoms with Crippen molar-refractivity contribution in [2.75, 3.05) is 27.7 Å². The van der Waals surface area contributed by atoms with Gasteiger partial charge in [0.05, 0.1) is 64.7 Å². The number of aromatic nitrogens is 16. The molecule has 0 amide bonds. The molecule has 18 nitrogen and oxygen atoms in total. The Morgan fingerprint density at radius 2 is 0.642 bits per heavy atom. The van der Waals surface area contributed by atoms with Crippen LogP contribution in [0.5, 0.6) is 0 Å². The lowest BCUT2D eigenvalue weighted by Gasteiger charge is -2.26. The molecule has 18 heteroatoms. The second-order valence-corrected chi connectivity index (χ2v) is 46.6. The van der Waals surface area contributed by atoms with Crippen molar-refractivity contribution in [3.63, 3.8) is 0 Å². The van der Waals surface area contributed by atoms with Crippen LogP contribution < -0.4 is 0 Å². The average Bonchev–Trinajstić information content (AvgIpc) is 1.64. The van der Waals surface area contributed by atoms with Crippen LogP contribution in [0.3, 0.4) is 0 Å². The molecule has 8 heterocycles. The molecule has 0 unspecified atom stereocenters. The van der Waals surface area contributed by atoms with E-state index in [2.05, 4.69) is 401 Å². The molecule has 123 heavy (non-hydrogen) atoms. The summed E-state index contributed by atoms with van der Waals surface area (Å²) in [5.74, 6) is 8.65. The zero-order valence-electron chi connectivity index (χ0n) is 87.2. The Hall–Kier alpha value is -7.10. The maximum Gasteiger partial charge on any atom is 0.139 e. The van der Waals surface area contributed by atoms with E-state index in [9.17, 15) is 0 Å². The Balaban J connectivity index is 0.000000295. The van der Waals surface area contributed by atoms with Gasteiger partial charge in [0, 0.05) is 123 Å². The van der Waals surface area contributed by atoms with Crippen LogP contribution in [0.25, 0.3) is 0 Å². The van der Waals surface area contributed by atoms with Crippen molar-refractivity contribution in [2.45, 2.75) is 458 Å². The van der Waals surface area contributed by atoms with Gasteiger partial charge in [-0.1, -0.05) is 295 Å². The van der Waals surface area contributed by atoms with Crippen LogP contribution in [-0.4, -0.2) is 111 Å². The lowest BCUT2D eigenvalue weighted by molar-refractivity contribution is 0.116. The molecule has 0 radical (unpaired) electrons. The SMILES string of the molecule is C#CCn1nc(C(C)(C)C)cc1C(C)C.C=CCn1nc(C(C)(C)C)cc1C(C)C.CC(C)c1cc(C(C)(C)C)nn1C.CC(C)c1cc(C(C)(C)C)nn1C1CC1.CC(C)c1cc(C(C)(C)C)nn1CC1CC1.CC(C)c1cc(C(C)(C)C)nn1CC1CCC1.CC(C)c1cc(C(C)(C)C)nn1CCN(C)C.COCn1nc(C(C)(C)C)cc1C(C)C. The van der Waals surface area contributed by atoms with Crippen LogP contribution in [0.4, 0.5) is 0 Å². The Morgan fingerprint density at radius 1 is 0.374 bits per heavy atom. The maximum atomic E-state index is 5.34. The van der Waals surface area contributed by atoms with E-state index in [1.54, 1.807) is 7.11 Å². The first-order valence-corrected chi connectivity index (χ1v) is 47.1. The van der Waals surface area contributed by atoms with Gasteiger partial charge < -0.3 is 9.64 Å². The third-order valence-corrected chi connectivity index (χ3v) is 22.7. The van der Waals surface area contributed by atoms with E-state index < -0.39 is 0 Å². The van der Waals surface area contributed by atoms with Gasteiger partial charge in [-0.25, -0.2) is 4.68 Å². The average molecular weight is 1700 g/mol. The van der Waals surface area contributed by atoms with E-state index in [1.807, 2.05) is 27.2 Å². The van der Waals surface area contributed by atoms with Gasteiger partial charge in [0.1, 0.15) is 13.3 Å². The largest absolute Gasteiger partial charge is 0.362 e. The number of allylic oxidation sites excluding steroid dienone is 1. The van der Waals surface area contributed by atoms with Gasteiger partial charge in [-0.2, -0.15) is 40.8 Å². The maximum absolute atomic E-state index is 5.34. The third-order valence-electron chi connectivity index (χ3n) is 22.7. The summed E-state index contributed by atoms with van der Waals surface area (Å²) in [5.41, 5.74) is 21.2. The quantitative estimate of drug-likeness (QED) is 0.0501. The Bertz CT molecular complexity index is 4460. The molecule has 0 spiro atoms. The Morgan fingerprint density at radius 3 is 0.919 bits per heavy atom. The molecule has 3 fully saturated rings. The van der Waals surface area contributed by atoms with Crippen molar-refractivity contribution in [2.24, 2.45) is 18.9 Å². The minimum atomic E-state index is 0.0868. The summed E-state index contributed by atoms with van der Waals surface area (Å²) < 4.78 is 22.0. The van der Waals surface area contributed by atoms with Crippen LogP contribution in [0.15, 0.2) is 61.2 Å². The number of hydrogen-bond donors (Lipinski definition) is 0. The molecule has 0 bridgehead atoms. The third kappa shape index (κ3) is 34.2. The second kappa shape index (κ2) is 45.1. The van der Waals surface area contributed by atoms with Gasteiger partial charge >= 0.3 is 0 Å². The van der Waals surface area contributed by atoms with Gasteiger partial charge in [-0.05, 0) is 160 Å². The summed E-state index contributed by atoms with van der Waals surface area (Å²) >= 11 is 0. The molecule has 0 saturated heterocycles. The molecule has 11 rings (SSSR count). The van der Waals surface area contributed by atoms with Crippen molar-refractivity contribution in [1.82, 2.24) is 83.1 Å². The highest BCUT2D eigenvalue weighted by molar-refractivity contribution is 5.27. The van der Waals surface area contributed by atoms with Gasteiger partial charge in [-0.15, -0.1) is 13.0 Å². The molecule has 0 atom stereocenters. The van der Waals surface area contributed by atoms with Gasteiger partial charge in [-0.3, -0.25) is 32.8 Å². The fraction of sp³-hybridized carbons (Fsp3) is 0.733. The molecule has 0 aliphatic heterocycles. The zero-order valence-corrected chi connectivity index (χ0v) is 87.2. The topological polar surface area (TPSA) is 155 Å². The molecule has 8 aromatic heterocycles. The first-order chi connectivity index (χ1) is 56.3. The summed E-state index contributed by atoms with van der Waals surface area (Å²) in [6, 6.07) is 18.6. The van der Waals surface area contributed by atoms with E-state index in [-0.39, 0.29) is 43.3 Å². The number of ether oxygens (including phenoxy) is 1. The number of rotatable bonds is 21. The molecule has 3 aliphatic carbocycles. The van der Waals surface area contributed by atoms with Gasteiger partial charge in [0.15, 0.2) is 0 Å². The summed E-state index contributed by atoms with van der Waals surface area (Å²) in [6.07, 6.45) is 16.8. The second-order valence-electron chi connectivity index (χ2n) is 46.6. The number of nitrogens with zero attached hydrogens (tertiary/aromatic N) is 17. The van der Waals surface area contributed by atoms with Crippen LogP contribution in [0.2, 0.25) is 0 Å². The summed E-state index contributed by atoms with van der Waals surface area (Å²) in [4.78, 5) is 2.20. The van der Waals surface area contributed by atoms with Crippen molar-refractivity contribution < 1.29 is 4.74 Å². The predicted octanol–water partition coefficient (Wildman–Crippen LogP) is 26.5. The van der Waals surface area contributed by atoms with Crippen molar-refractivity contribution in [1.29, 1.82) is 0 Å². The van der Waals surface area contributed by atoms with Gasteiger partial charge in [0.2, 0.25) is 0 Å². The van der Waals surface area contributed by atoms with E-state index in [0.29, 0.717) is 66.7 Å². The molecule has 0 N–H and O–H groups in total. The normalized spacial score (nSPS) is 14.3. The van der Waals surface area contributed by atoms with E-state index >= 15 is 0 Å². The fourth-order valence-corrected chi connectivity index (χ4v) is 13.7. The van der Waals surface area contributed by atoms with E-state index in [0.717, 1.165) is 61.6 Å². The summed E-state index contributed by atoms with van der Waals surface area (Å²) in [5, 5.41) is 37.5. The van der Waals surface area contributed by atoms with Crippen molar-refractivity contribution in [3.8, 4) is 12.3 Å². The van der Waals surface area contributed by atoms with Crippen LogP contribution in [-0.2, 0) is 94.6 Å². The number of terminal acetylenes is 1. The fourth-order valence-electron chi connectivity index (χ4n) is 13.7. The van der Waals surface area contributed by atoms with E-state index in [4.69, 9.17) is 31.6 Å². The monoisotopic (exact) mass is 1700 g/mol. The summed E-state index contributed by atoms with van der Waals surface area (Å²) in [7, 11) is 7.92. The highest BCUT2D eigenvalue weighted by atomic mass is 16.5. The molecular formula is C105H183N17O. The standard InChI is InChI=1S/C15H26N2.C14H27N3.C14H24N2.2C13H22N2.C13H20N2.C12H22N2O.C11H20N2/c1-11(2)13-9-14(15(3,4)5)16-17(13)10-12-7-6-8-12;1-11(2)12-10-13(14(3,4)5)15-17(12)9-8-16(6)7;1-10(2)12-8-13(14(3,4)5)15-16(12)9-11-6-7-11;1-9(2)11-8-12(13(3,4)5)14-15(11)10-6-7-10;2*1-7-8-15-11(10(2)3)9-12(14-15)13(4,5)6;1-9(2)10-7-11(12(3,4)5)13-14(10)8-15-6;1-8(2)9-7-10(11(3,4)5)12-13(9)6/h9,11-12H,6-8,10H2,1-5H3;10-11H,8-9H2,1-7H3;8,10-11H,6-7,9H2,1-5H3;8-10H,6-7H2,1-5H3;7,9-10H,1,8H2,2-6H3;1,9-10H,8H2,2-6H3;7,9H,8H2,1-6H3;7-8H,1-6H3. The molecule has 8 aromatic rings. The highest BCUT2D eigenvalue weighted by Crippen LogP contribution is 2.40. The molecule has 0 aromatic carbocycles. The first kappa shape index (κ1) is 108. The number of hydrogen-bond acceptors (Lipinski definition) is 10. The van der Waals surface area contributed by atoms with Crippen LogP contribution in [0, 0.1) is 24.2 Å². The number of likely N-dealkylation sites (N-methyl/N-ethyl adjacent to an activating group) is 1. The highest BCUT2D eigenvalue weighted by Gasteiger charge is 2.33. The Labute approximate surface area is 752 Å². The molecular weight excluding hydrogens is 1520 g/mol. The number of methoxy groups -OCH3 is 1. The lowest BCUT2D eigenvalue weighted by Crippen LogP contribution is -2.21. The molecule has 3 saturated carbocycles. The predicted molar refractivity (Wildman–Crippen MR) is 524 cm³/mol. The Kier molecular flexibility index (Phi) is 39.6. The smallest absolute Gasteiger partial charge is 0.139 e. The minimum Gasteiger partial charge on any atom is -0.362 e. The summed E-state index contributed by atoms with van der Waals surface area (Å²) in [6.45, 7) is 98.4. The van der Waals surface area contributed by atoms with Crippen LogP contribution >= 0.6 is 0 Å². The number of aryl methyl sites for hydroxylation is 1.